The Balaban J connectivity index is 0.000000292. The first-order valence-corrected chi connectivity index (χ1v) is 8.56. The molecule has 2 N–H and O–H groups in total. The number of nitrogens with zero attached hydrogens (tertiary/aromatic N) is 2. The quantitative estimate of drug-likeness (QED) is 0.410. The Morgan fingerprint density at radius 1 is 1.07 bits per heavy atom. The molecule has 0 saturated heterocycles. The molecule has 0 unspecified atom stereocenters. The van der Waals surface area contributed by atoms with Gasteiger partial charge in [0.05, 0.1) is 20.6 Å². The van der Waals surface area contributed by atoms with Gasteiger partial charge in [0, 0.05) is 25.5 Å². The van der Waals surface area contributed by atoms with Gasteiger partial charge in [-0.25, -0.2) is 0 Å². The summed E-state index contributed by atoms with van der Waals surface area (Å²) < 4.78 is 0. The van der Waals surface area contributed by atoms with Gasteiger partial charge in [0.25, 0.3) is 5.69 Å². The lowest BCUT2D eigenvalue weighted by molar-refractivity contribution is -0.422. The van der Waals surface area contributed by atoms with Gasteiger partial charge >= 0.3 is 0 Å². The van der Waals surface area contributed by atoms with Crippen LogP contribution in [0.3, 0.4) is 0 Å². The highest BCUT2D eigenvalue weighted by atomic mass is 35.5. The van der Waals surface area contributed by atoms with Crippen LogP contribution in [0.25, 0.3) is 6.08 Å². The topological polar surface area (TPSA) is 129 Å². The lowest BCUT2D eigenvalue weighted by Gasteiger charge is -2.00. The number of Topliss-reactive ketones (excluding diaryl/α,β-unsaturated/α-hetero) is 1. The first-order chi connectivity index (χ1) is 13.0. The van der Waals surface area contributed by atoms with E-state index in [-0.39, 0.29) is 22.2 Å². The number of carbonyl (C=O) groups is 1. The van der Waals surface area contributed by atoms with Crippen molar-refractivity contribution in [3.8, 4) is 0 Å². The molecule has 0 aliphatic carbocycles. The van der Waals surface area contributed by atoms with E-state index >= 15 is 0 Å². The van der Waals surface area contributed by atoms with Gasteiger partial charge in [-0.2, -0.15) is 0 Å². The molecule has 2 aromatic carbocycles. The summed E-state index contributed by atoms with van der Waals surface area (Å²) in [5, 5.41) is 21.5. The van der Waals surface area contributed by atoms with Crippen molar-refractivity contribution in [2.24, 2.45) is 0 Å². The van der Waals surface area contributed by atoms with E-state index in [1.54, 1.807) is 25.1 Å². The van der Waals surface area contributed by atoms with Crippen molar-refractivity contribution in [2.75, 3.05) is 5.73 Å². The molecule has 0 radical (unpaired) electrons. The van der Waals surface area contributed by atoms with Crippen molar-refractivity contribution >= 4 is 46.4 Å². The molecule has 0 aliphatic rings. The second-order valence-electron chi connectivity index (χ2n) is 5.75. The summed E-state index contributed by atoms with van der Waals surface area (Å²) >= 11 is 11.3. The van der Waals surface area contributed by atoms with Crippen LogP contribution in [0.15, 0.2) is 42.1 Å². The fraction of sp³-hybridized carbons (Fsp3) is 0.167. The number of hydrogen-bond donors (Lipinski definition) is 1. The standard InChI is InChI=1S/C9H7ClN2O4.C9H10ClNO/c1-6(11(13)14)4-7-2-3-8(10)9(5-7)12(15)16;1-6(12)4-7-2-3-8(10)9(11)5-7/h2-5H,1H3;2-3,5H,4,11H2,1H3/b6-4+;. The molecule has 0 aliphatic heterocycles. The zero-order chi connectivity index (χ0) is 21.4. The smallest absolute Gasteiger partial charge is 0.288 e. The fourth-order valence-corrected chi connectivity index (χ4v) is 2.35. The Morgan fingerprint density at radius 2 is 1.68 bits per heavy atom. The van der Waals surface area contributed by atoms with Crippen molar-refractivity contribution in [1.29, 1.82) is 0 Å². The predicted octanol–water partition coefficient (Wildman–Crippen LogP) is 4.94. The first kappa shape index (κ1) is 23.1. The minimum Gasteiger partial charge on any atom is -0.398 e. The molecule has 2 aromatic rings. The molecule has 8 nitrogen and oxygen atoms in total. The number of carbonyl (C=O) groups excluding carboxylic acids is 1. The number of ketones is 1. The molecule has 0 bridgehead atoms. The predicted molar refractivity (Wildman–Crippen MR) is 109 cm³/mol. The van der Waals surface area contributed by atoms with Crippen LogP contribution >= 0.6 is 23.2 Å². The molecule has 2 rings (SSSR count). The number of benzene rings is 2. The zero-order valence-corrected chi connectivity index (χ0v) is 16.5. The van der Waals surface area contributed by atoms with Crippen LogP contribution in [0.2, 0.25) is 10.0 Å². The lowest BCUT2D eigenvalue weighted by atomic mass is 10.1. The molecular formula is C18H17Cl2N3O5. The third-order valence-electron chi connectivity index (χ3n) is 3.34. The van der Waals surface area contributed by atoms with Crippen LogP contribution in [0, 0.1) is 20.2 Å². The van der Waals surface area contributed by atoms with Crippen molar-refractivity contribution in [1.82, 2.24) is 0 Å². The van der Waals surface area contributed by atoms with Gasteiger partial charge < -0.3 is 5.73 Å². The number of halogens is 2. The Labute approximate surface area is 170 Å². The fourth-order valence-electron chi connectivity index (χ4n) is 2.04. The van der Waals surface area contributed by atoms with E-state index in [9.17, 15) is 25.0 Å². The Kier molecular flexibility index (Phi) is 8.56. The lowest BCUT2D eigenvalue weighted by Crippen LogP contribution is -1.97. The maximum atomic E-state index is 10.7. The van der Waals surface area contributed by atoms with E-state index in [1.807, 2.05) is 0 Å². The van der Waals surface area contributed by atoms with Crippen LogP contribution in [-0.4, -0.2) is 15.6 Å². The SMILES string of the molecule is C/C(=C\c1ccc(Cl)c([N+](=O)[O-])c1)[N+](=O)[O-].CC(=O)Cc1ccc(Cl)c(N)c1. The normalized spacial score (nSPS) is 10.6. The Morgan fingerprint density at radius 3 is 2.18 bits per heavy atom. The summed E-state index contributed by atoms with van der Waals surface area (Å²) in [7, 11) is 0. The van der Waals surface area contributed by atoms with Crippen LogP contribution in [0.5, 0.6) is 0 Å². The number of allylic oxidation sites excluding steroid dienone is 1. The zero-order valence-electron chi connectivity index (χ0n) is 15.0. The number of nitro groups is 2. The highest BCUT2D eigenvalue weighted by Gasteiger charge is 2.13. The first-order valence-electron chi connectivity index (χ1n) is 7.81. The summed E-state index contributed by atoms with van der Waals surface area (Å²) in [6, 6.07) is 9.23. The number of rotatable bonds is 5. The third-order valence-corrected chi connectivity index (χ3v) is 4.01. The van der Waals surface area contributed by atoms with Crippen molar-refractivity contribution in [3.05, 3.63) is 83.5 Å². The minimum atomic E-state index is -0.638. The second-order valence-corrected chi connectivity index (χ2v) is 6.56. The molecule has 0 aromatic heterocycles. The average Bonchev–Trinajstić information content (AvgIpc) is 2.59. The molecule has 0 spiro atoms. The van der Waals surface area contributed by atoms with E-state index in [4.69, 9.17) is 28.9 Å². The molecule has 0 amide bonds. The van der Waals surface area contributed by atoms with Crippen molar-refractivity contribution in [2.45, 2.75) is 20.3 Å². The molecule has 10 heteroatoms. The van der Waals surface area contributed by atoms with E-state index < -0.39 is 9.85 Å². The molecule has 0 fully saturated rings. The number of nitrogens with two attached hydrogens (primary N) is 1. The summed E-state index contributed by atoms with van der Waals surface area (Å²) in [6.45, 7) is 2.85. The number of nitro benzene ring substituents is 1. The van der Waals surface area contributed by atoms with Gasteiger partial charge in [-0.15, -0.1) is 0 Å². The summed E-state index contributed by atoms with van der Waals surface area (Å²) in [6.07, 6.45) is 1.66. The summed E-state index contributed by atoms with van der Waals surface area (Å²) in [4.78, 5) is 30.5. The maximum absolute atomic E-state index is 10.7. The van der Waals surface area contributed by atoms with Gasteiger partial charge in [0.2, 0.25) is 5.70 Å². The summed E-state index contributed by atoms with van der Waals surface area (Å²) in [5.74, 6) is 0.122. The van der Waals surface area contributed by atoms with Gasteiger partial charge in [-0.3, -0.25) is 25.0 Å². The van der Waals surface area contributed by atoms with Crippen LogP contribution < -0.4 is 5.73 Å². The largest absolute Gasteiger partial charge is 0.398 e. The average molecular weight is 426 g/mol. The summed E-state index contributed by atoms with van der Waals surface area (Å²) in [5.41, 5.74) is 6.98. The highest BCUT2D eigenvalue weighted by Crippen LogP contribution is 2.26. The third kappa shape index (κ3) is 7.34. The minimum absolute atomic E-state index is 0.000839. The van der Waals surface area contributed by atoms with E-state index in [0.29, 0.717) is 22.7 Å². The maximum Gasteiger partial charge on any atom is 0.288 e. The van der Waals surface area contributed by atoms with E-state index in [2.05, 4.69) is 0 Å². The van der Waals surface area contributed by atoms with Crippen LogP contribution in [0.1, 0.15) is 25.0 Å². The molecule has 28 heavy (non-hydrogen) atoms. The van der Waals surface area contributed by atoms with E-state index in [1.165, 1.54) is 31.2 Å². The molecule has 0 atom stereocenters. The molecular weight excluding hydrogens is 409 g/mol. The molecule has 148 valence electrons. The Bertz CT molecular complexity index is 945. The van der Waals surface area contributed by atoms with Crippen LogP contribution in [0.4, 0.5) is 11.4 Å². The van der Waals surface area contributed by atoms with Crippen molar-refractivity contribution in [3.63, 3.8) is 0 Å². The number of hydrogen-bond acceptors (Lipinski definition) is 6. The monoisotopic (exact) mass is 425 g/mol. The highest BCUT2D eigenvalue weighted by molar-refractivity contribution is 6.33. The van der Waals surface area contributed by atoms with Gasteiger partial charge in [-0.05, 0) is 36.2 Å². The van der Waals surface area contributed by atoms with Gasteiger partial charge in [0.15, 0.2) is 0 Å². The number of nitrogen functional groups attached to an aromatic ring is 1. The second kappa shape index (κ2) is 10.4. The molecule has 0 heterocycles. The van der Waals surface area contributed by atoms with Crippen LogP contribution in [-0.2, 0) is 11.2 Å². The van der Waals surface area contributed by atoms with Gasteiger partial charge in [0.1, 0.15) is 10.8 Å². The Hall–Kier alpha value is -2.97. The molecule has 0 saturated carbocycles. The van der Waals surface area contributed by atoms with Gasteiger partial charge in [-0.1, -0.05) is 35.3 Å². The number of anilines is 1. The van der Waals surface area contributed by atoms with Crippen molar-refractivity contribution < 1.29 is 14.6 Å². The van der Waals surface area contributed by atoms with E-state index in [0.717, 1.165) is 5.56 Å².